The average Bonchev–Trinajstić information content (AvgIpc) is 1.01. The smallest absolute Gasteiger partial charge is 0.269 e. The lowest BCUT2D eigenvalue weighted by atomic mass is 9.86. The molecule has 14 aromatic rings. The predicted octanol–water partition coefficient (Wildman–Crippen LogP) is 20.9. The molecule has 0 amide bonds. The van der Waals surface area contributed by atoms with Gasteiger partial charge in [0.15, 0.2) is 0 Å². The summed E-state index contributed by atoms with van der Waals surface area (Å²) >= 11 is 0. The van der Waals surface area contributed by atoms with Crippen molar-refractivity contribution in [1.29, 1.82) is 0 Å². The van der Waals surface area contributed by atoms with Gasteiger partial charge in [0.25, 0.3) is 6.33 Å². The largest absolute Gasteiger partial charge is 0.458 e. The van der Waals surface area contributed by atoms with Crippen LogP contribution in [0.25, 0.3) is 117 Å². The molecule has 0 N–H and O–H groups in total. The van der Waals surface area contributed by atoms with Gasteiger partial charge in [-0.1, -0.05) is 223 Å². The minimum atomic E-state index is -1.18. The van der Waals surface area contributed by atoms with Gasteiger partial charge in [0, 0.05) is 23.0 Å². The molecular formula is C81H66N4O. The molecule has 86 heavy (non-hydrogen) atoms. The van der Waals surface area contributed by atoms with Gasteiger partial charge in [-0.25, -0.2) is 4.98 Å². The molecule has 0 aliphatic rings. The van der Waals surface area contributed by atoms with Crippen LogP contribution in [0.1, 0.15) is 96.6 Å². The van der Waals surface area contributed by atoms with Crippen LogP contribution in [0, 0.1) is 13.3 Å². The minimum Gasteiger partial charge on any atom is -0.458 e. The first-order chi connectivity index (χ1) is 53.5. The monoisotopic (exact) mass is 1140 g/mol. The van der Waals surface area contributed by atoms with Crippen LogP contribution < -0.4 is 9.30 Å². The summed E-state index contributed by atoms with van der Waals surface area (Å²) in [5.74, 6) is 1.29. The Balaban J connectivity index is 1.17. The summed E-state index contributed by atoms with van der Waals surface area (Å²) in [6.45, 7) is 13.5. The van der Waals surface area contributed by atoms with Crippen molar-refractivity contribution in [3.63, 3.8) is 0 Å². The zero-order chi connectivity index (χ0) is 83.1. The van der Waals surface area contributed by atoms with E-state index < -0.39 is 247 Å². The molecule has 5 heteroatoms. The predicted molar refractivity (Wildman–Crippen MR) is 357 cm³/mol. The van der Waals surface area contributed by atoms with Crippen molar-refractivity contribution in [3.05, 3.63) is 295 Å². The standard InChI is InChI=1S/C81H66N4O/c1-54-34-36-58(37-35-54)62-43-61(57-26-15-10-16-27-57)46-64(47-62)71-30-21-29-70(63-44-59(55-22-11-8-12-23-55)42-60(45-63)56-24-13-9-14-25-56)79(71)84-53-83(75-32-19-20-33-76(75)84)67-48-66(81(5,6)7)49-69(51-67)86-68-38-39-73-72-28-17-18-31-74(72)85(77(73)52-68)78-50-65(40-41-82-78)80(2,3)4/h8-52H,1-7H3/i8D,9D,10D,11D,12D,13D,14D,15D,16D,21D,22D,23D,24D,25D,26D,27D,29D,30D,34D,35D,36D,37D,42D,43D,44D,45D,46D,47D. The third-order valence-electron chi connectivity index (χ3n) is 14.6. The highest BCUT2D eigenvalue weighted by molar-refractivity contribution is 6.09. The van der Waals surface area contributed by atoms with Gasteiger partial charge in [-0.3, -0.25) is 13.7 Å². The van der Waals surface area contributed by atoms with Crippen LogP contribution in [0.2, 0.25) is 0 Å². The molecule has 5 nitrogen and oxygen atoms in total. The van der Waals surface area contributed by atoms with Crippen LogP contribution in [-0.2, 0) is 10.8 Å². The van der Waals surface area contributed by atoms with Crippen molar-refractivity contribution < 1.29 is 47.7 Å². The molecule has 3 heterocycles. The molecule has 0 spiro atoms. The summed E-state index contributed by atoms with van der Waals surface area (Å²) in [6, 6.07) is 0.878. The number of nitrogens with zero attached hydrogens (tertiary/aromatic N) is 4. The molecule has 0 unspecified atom stereocenters. The maximum Gasteiger partial charge on any atom is 0.269 e. The molecule has 0 fully saturated rings. The highest BCUT2D eigenvalue weighted by atomic mass is 16.5. The number of ether oxygens (including phenoxy) is 1. The lowest BCUT2D eigenvalue weighted by Crippen LogP contribution is -2.31. The van der Waals surface area contributed by atoms with Crippen LogP contribution in [-0.4, -0.2) is 14.1 Å². The van der Waals surface area contributed by atoms with Crippen LogP contribution in [0.15, 0.2) is 272 Å². The number of benzene rings is 11. The number of hydrogen-bond acceptors (Lipinski definition) is 2. The van der Waals surface area contributed by atoms with Gasteiger partial charge in [-0.2, -0.15) is 0 Å². The Bertz CT molecular complexity index is 6070. The highest BCUT2D eigenvalue weighted by Crippen LogP contribution is 2.43. The molecule has 0 saturated heterocycles. The quantitative estimate of drug-likeness (QED) is 0.0956. The molecule has 0 bridgehead atoms. The summed E-state index contributed by atoms with van der Waals surface area (Å²) < 4.78 is 277. The number of imidazole rings is 1. The van der Waals surface area contributed by atoms with Crippen LogP contribution in [0.5, 0.6) is 11.5 Å². The summed E-state index contributed by atoms with van der Waals surface area (Å²) in [5.41, 5.74) is -9.05. The first-order valence-electron chi connectivity index (χ1n) is 41.5. The summed E-state index contributed by atoms with van der Waals surface area (Å²) in [5, 5.41) is 1.83. The molecule has 0 aliphatic carbocycles. The van der Waals surface area contributed by atoms with Crippen molar-refractivity contribution in [2.45, 2.75) is 59.3 Å². The molecule has 0 radical (unpaired) electrons. The molecule has 11 aromatic carbocycles. The van der Waals surface area contributed by atoms with E-state index in [1.807, 2.05) is 81.4 Å². The highest BCUT2D eigenvalue weighted by Gasteiger charge is 2.25. The normalized spacial score (nSPS) is 16.5. The number of rotatable bonds is 11. The van der Waals surface area contributed by atoms with Crippen molar-refractivity contribution in [2.75, 3.05) is 0 Å². The molecular weight excluding hydrogens is 1040 g/mol. The second-order valence-corrected chi connectivity index (χ2v) is 22.5. The van der Waals surface area contributed by atoms with Crippen LogP contribution in [0.4, 0.5) is 0 Å². The number of hydrogen-bond donors (Lipinski definition) is 0. The van der Waals surface area contributed by atoms with E-state index in [2.05, 4.69) is 31.7 Å². The topological polar surface area (TPSA) is 35.9 Å². The van der Waals surface area contributed by atoms with E-state index >= 15 is 0 Å². The zero-order valence-electron chi connectivity index (χ0n) is 75.5. The van der Waals surface area contributed by atoms with Crippen molar-refractivity contribution in [3.8, 4) is 95.5 Å². The maximum absolute atomic E-state index is 10.6. The van der Waals surface area contributed by atoms with Crippen molar-refractivity contribution >= 4 is 32.8 Å². The Labute approximate surface area is 543 Å². The molecule has 0 saturated carbocycles. The third kappa shape index (κ3) is 10.3. The second kappa shape index (κ2) is 21.7. The van der Waals surface area contributed by atoms with E-state index in [0.29, 0.717) is 17.1 Å². The maximum atomic E-state index is 10.6. The lowest BCUT2D eigenvalue weighted by Gasteiger charge is -2.22. The third-order valence-corrected chi connectivity index (χ3v) is 14.6. The SMILES string of the molecule is [2H]c1c([2H])c([2H])c(-c2c([2H])c(-c3c([2H])c([2H])c([2H])c([2H])c3[2H])c([2H])c(-c3c([2H])c([2H])c([2H])c(-c4c([2H])c(-c5c([2H])c([2H])c([2H])c([2H])c5[2H])c([2H])c(-c5c([2H])c([2H])c(C)c([2H])c5[2H])c4[2H])c3-[n+]3[c-]n(-c4cc(Oc5ccc6c7ccccc7n(-c7cc(C(C)(C)C)ccn7)c6c5)cc(C(C)(C)C)c4)c4ccccc43)c2[2H])c([2H])c1[2H]. The molecule has 3 aromatic heterocycles. The van der Waals surface area contributed by atoms with E-state index in [1.165, 1.54) is 17.6 Å². The van der Waals surface area contributed by atoms with Gasteiger partial charge < -0.3 is 4.74 Å². The van der Waals surface area contributed by atoms with E-state index in [1.54, 1.807) is 36.5 Å². The summed E-state index contributed by atoms with van der Waals surface area (Å²) in [4.78, 5) is 4.86. The molecule has 14 rings (SSSR count). The zero-order valence-corrected chi connectivity index (χ0v) is 47.5. The number of pyridine rings is 1. The van der Waals surface area contributed by atoms with Gasteiger partial charge in [-0.15, -0.1) is 0 Å². The average molecular weight is 1140 g/mol. The first kappa shape index (κ1) is 31.0. The Kier molecular flexibility index (Phi) is 7.81. The van der Waals surface area contributed by atoms with E-state index in [-0.39, 0.29) is 33.4 Å². The van der Waals surface area contributed by atoms with Gasteiger partial charge in [-0.05, 0) is 180 Å². The fraction of sp³-hybridized carbons (Fsp3) is 0.111. The number of fused-ring (bicyclic) bond motifs is 4. The molecule has 0 aliphatic heterocycles. The van der Waals surface area contributed by atoms with Crippen LogP contribution >= 0.6 is 0 Å². The van der Waals surface area contributed by atoms with E-state index in [4.69, 9.17) is 24.8 Å². The summed E-state index contributed by atoms with van der Waals surface area (Å²) in [7, 11) is 0. The minimum absolute atomic E-state index is 0.00574. The van der Waals surface area contributed by atoms with Crippen LogP contribution in [0.3, 0.4) is 0 Å². The Hall–Kier alpha value is -10.4. The first-order valence-corrected chi connectivity index (χ1v) is 27.5. The second-order valence-electron chi connectivity index (χ2n) is 22.5. The molecule has 0 atom stereocenters. The fourth-order valence-corrected chi connectivity index (χ4v) is 10.3. The van der Waals surface area contributed by atoms with Gasteiger partial charge >= 0.3 is 0 Å². The number of para-hydroxylation sites is 4. The number of aromatic nitrogens is 4. The van der Waals surface area contributed by atoms with Gasteiger partial charge in [0.2, 0.25) is 0 Å². The van der Waals surface area contributed by atoms with E-state index in [9.17, 15) is 23.3 Å². The Morgan fingerprint density at radius 2 is 0.965 bits per heavy atom. The van der Waals surface area contributed by atoms with E-state index in [0.717, 1.165) is 31.9 Å². The summed E-state index contributed by atoms with van der Waals surface area (Å²) in [6.07, 6.45) is 5.10. The van der Waals surface area contributed by atoms with Gasteiger partial charge in [0.05, 0.1) is 71.8 Å². The lowest BCUT2D eigenvalue weighted by molar-refractivity contribution is -0.571. The van der Waals surface area contributed by atoms with Crippen molar-refractivity contribution in [2.24, 2.45) is 0 Å². The van der Waals surface area contributed by atoms with Crippen molar-refractivity contribution in [1.82, 2.24) is 14.1 Å². The fourth-order valence-electron chi connectivity index (χ4n) is 10.3. The van der Waals surface area contributed by atoms with Gasteiger partial charge in [0.1, 0.15) is 17.3 Å². The Morgan fingerprint density at radius 1 is 0.442 bits per heavy atom. The molecule has 416 valence electrons. The Morgan fingerprint density at radius 3 is 1.55 bits per heavy atom.